The maximum absolute atomic E-state index is 6.56. The number of hydrogen-bond donors (Lipinski definition) is 0. The van der Waals surface area contributed by atoms with Crippen molar-refractivity contribution < 1.29 is 14.2 Å². The van der Waals surface area contributed by atoms with Crippen LogP contribution in [0.5, 0.6) is 17.2 Å². The number of benzene rings is 4. The first kappa shape index (κ1) is 22.5. The number of halogens is 1. The second-order valence-corrected chi connectivity index (χ2v) is 9.28. The number of rotatable bonds is 6. The van der Waals surface area contributed by atoms with Gasteiger partial charge in [0.2, 0.25) is 6.23 Å². The van der Waals surface area contributed by atoms with Gasteiger partial charge in [0.25, 0.3) is 0 Å². The van der Waals surface area contributed by atoms with Crippen molar-refractivity contribution in [1.29, 1.82) is 0 Å². The molecule has 0 spiro atoms. The lowest BCUT2D eigenvalue weighted by Gasteiger charge is -2.38. The third-order valence-electron chi connectivity index (χ3n) is 6.59. The second-order valence-electron chi connectivity index (χ2n) is 8.85. The van der Waals surface area contributed by atoms with Gasteiger partial charge in [0.05, 0.1) is 18.9 Å². The minimum Gasteiger partial charge on any atom is -0.493 e. The van der Waals surface area contributed by atoms with Crippen LogP contribution in [0.2, 0.25) is 5.02 Å². The fourth-order valence-corrected chi connectivity index (χ4v) is 4.88. The number of nitrogens with zero attached hydrogens (tertiary/aromatic N) is 2. The van der Waals surface area contributed by atoms with E-state index in [1.165, 1.54) is 0 Å². The van der Waals surface area contributed by atoms with Crippen LogP contribution in [-0.4, -0.2) is 17.8 Å². The molecule has 6 rings (SSSR count). The van der Waals surface area contributed by atoms with Gasteiger partial charge in [0.1, 0.15) is 12.4 Å². The minimum absolute atomic E-state index is 0.0357. The quantitative estimate of drug-likeness (QED) is 0.284. The summed E-state index contributed by atoms with van der Waals surface area (Å²) in [5.41, 5.74) is 5.25. The molecule has 4 aromatic carbocycles. The lowest BCUT2D eigenvalue weighted by atomic mass is 9.95. The van der Waals surface area contributed by atoms with Crippen molar-refractivity contribution in [2.45, 2.75) is 25.3 Å². The largest absolute Gasteiger partial charge is 0.493 e. The first-order valence-corrected chi connectivity index (χ1v) is 12.3. The molecule has 0 saturated heterocycles. The fraction of sp³-hybridized carbons (Fsp3) is 0.167. The van der Waals surface area contributed by atoms with Gasteiger partial charge in [0.15, 0.2) is 11.5 Å². The average molecular weight is 497 g/mol. The summed E-state index contributed by atoms with van der Waals surface area (Å²) in [4.78, 5) is 0. The van der Waals surface area contributed by atoms with Crippen molar-refractivity contribution in [3.05, 3.63) is 124 Å². The van der Waals surface area contributed by atoms with Gasteiger partial charge in [0, 0.05) is 22.6 Å². The zero-order chi connectivity index (χ0) is 24.5. The number of hydrogen-bond acceptors (Lipinski definition) is 5. The average Bonchev–Trinajstić information content (AvgIpc) is 3.38. The molecule has 4 aromatic rings. The van der Waals surface area contributed by atoms with Gasteiger partial charge in [-0.3, -0.25) is 0 Å². The van der Waals surface area contributed by atoms with Gasteiger partial charge in [-0.2, -0.15) is 5.10 Å². The van der Waals surface area contributed by atoms with E-state index in [1.54, 1.807) is 7.11 Å². The topological polar surface area (TPSA) is 43.3 Å². The Hall–Kier alpha value is -3.96. The highest BCUT2D eigenvalue weighted by Crippen LogP contribution is 2.50. The molecule has 2 aliphatic rings. The van der Waals surface area contributed by atoms with Gasteiger partial charge in [-0.25, -0.2) is 5.01 Å². The highest BCUT2D eigenvalue weighted by Gasteiger charge is 2.42. The Labute approximate surface area is 215 Å². The fourth-order valence-electron chi connectivity index (χ4n) is 4.75. The molecule has 2 atom stereocenters. The monoisotopic (exact) mass is 496 g/mol. The van der Waals surface area contributed by atoms with Crippen LogP contribution >= 0.6 is 11.6 Å². The summed E-state index contributed by atoms with van der Waals surface area (Å²) in [6.07, 6.45) is 0.367. The number of hydrazone groups is 1. The number of fused-ring (bicyclic) bond motifs is 3. The van der Waals surface area contributed by atoms with Gasteiger partial charge in [-0.05, 0) is 53.6 Å². The highest BCUT2D eigenvalue weighted by atomic mass is 35.5. The van der Waals surface area contributed by atoms with Crippen molar-refractivity contribution >= 4 is 17.3 Å². The standard InChI is InChI=1S/C30H25ClN2O3/c1-34-28-9-5-8-25-27-18-26(21-10-14-23(31)15-11-21)32-33(27)30(36-29(25)28)22-12-16-24(17-13-22)35-19-20-6-3-2-4-7-20/h2-17,27,30H,18-19H2,1H3/t27-,30+/m1/s1. The van der Waals surface area contributed by atoms with E-state index >= 15 is 0 Å². The summed E-state index contributed by atoms with van der Waals surface area (Å²) < 4.78 is 18.2. The van der Waals surface area contributed by atoms with E-state index in [0.717, 1.165) is 51.6 Å². The lowest BCUT2D eigenvalue weighted by molar-refractivity contribution is -0.0209. The van der Waals surface area contributed by atoms with Gasteiger partial charge < -0.3 is 14.2 Å². The normalized spacial score (nSPS) is 18.1. The Morgan fingerprint density at radius 1 is 0.917 bits per heavy atom. The summed E-state index contributed by atoms with van der Waals surface area (Å²) in [6.45, 7) is 0.521. The summed E-state index contributed by atoms with van der Waals surface area (Å²) in [6, 6.07) is 32.1. The molecule has 36 heavy (non-hydrogen) atoms. The molecule has 0 radical (unpaired) electrons. The van der Waals surface area contributed by atoms with Crippen molar-refractivity contribution in [2.24, 2.45) is 5.10 Å². The third kappa shape index (κ3) is 4.27. The number of methoxy groups -OCH3 is 1. The molecule has 0 fully saturated rings. The van der Waals surface area contributed by atoms with Crippen LogP contribution in [0, 0.1) is 0 Å². The molecular weight excluding hydrogens is 472 g/mol. The Balaban J connectivity index is 1.31. The predicted octanol–water partition coefficient (Wildman–Crippen LogP) is 7.17. The van der Waals surface area contributed by atoms with E-state index < -0.39 is 6.23 Å². The molecule has 0 aliphatic carbocycles. The maximum atomic E-state index is 6.56. The van der Waals surface area contributed by atoms with Crippen LogP contribution in [0.3, 0.4) is 0 Å². The predicted molar refractivity (Wildman–Crippen MR) is 141 cm³/mol. The van der Waals surface area contributed by atoms with Gasteiger partial charge in [-0.1, -0.05) is 66.2 Å². The van der Waals surface area contributed by atoms with Crippen LogP contribution in [0.25, 0.3) is 0 Å². The van der Waals surface area contributed by atoms with E-state index in [0.29, 0.717) is 11.6 Å². The Bertz CT molecular complexity index is 1390. The van der Waals surface area contributed by atoms with Crippen LogP contribution in [0.15, 0.2) is 102 Å². The first-order valence-electron chi connectivity index (χ1n) is 11.9. The molecule has 0 bridgehead atoms. The van der Waals surface area contributed by atoms with Crippen LogP contribution in [-0.2, 0) is 6.61 Å². The Morgan fingerprint density at radius 2 is 1.69 bits per heavy atom. The molecule has 0 aromatic heterocycles. The molecule has 0 N–H and O–H groups in total. The molecule has 6 heteroatoms. The Kier molecular flexibility index (Phi) is 5.99. The molecule has 180 valence electrons. The number of para-hydroxylation sites is 1. The van der Waals surface area contributed by atoms with E-state index in [2.05, 4.69) is 23.2 Å². The summed E-state index contributed by atoms with van der Waals surface area (Å²) in [5, 5.41) is 7.80. The molecule has 2 aliphatic heterocycles. The molecule has 0 unspecified atom stereocenters. The Morgan fingerprint density at radius 3 is 2.44 bits per heavy atom. The van der Waals surface area contributed by atoms with E-state index in [1.807, 2.05) is 78.9 Å². The molecule has 0 amide bonds. The molecular formula is C30H25ClN2O3. The smallest absolute Gasteiger partial charge is 0.214 e. The summed E-state index contributed by atoms with van der Waals surface area (Å²) >= 11 is 6.12. The molecule has 5 nitrogen and oxygen atoms in total. The van der Waals surface area contributed by atoms with Crippen molar-refractivity contribution in [3.8, 4) is 17.2 Å². The zero-order valence-corrected chi connectivity index (χ0v) is 20.6. The molecule has 0 saturated carbocycles. The van der Waals surface area contributed by atoms with Crippen LogP contribution < -0.4 is 14.2 Å². The second kappa shape index (κ2) is 9.59. The SMILES string of the molecule is COc1cccc2c1O[C@@H](c1ccc(OCc3ccccc3)cc1)N1N=C(c3ccc(Cl)cc3)C[C@H]21. The zero-order valence-electron chi connectivity index (χ0n) is 19.8. The minimum atomic E-state index is -0.397. The number of ether oxygens (including phenoxy) is 3. The van der Waals surface area contributed by atoms with Crippen LogP contribution in [0.1, 0.15) is 40.9 Å². The lowest BCUT2D eigenvalue weighted by Crippen LogP contribution is -2.33. The van der Waals surface area contributed by atoms with E-state index in [4.69, 9.17) is 30.9 Å². The van der Waals surface area contributed by atoms with E-state index in [9.17, 15) is 0 Å². The molecule has 2 heterocycles. The van der Waals surface area contributed by atoms with Gasteiger partial charge >= 0.3 is 0 Å². The summed E-state index contributed by atoms with van der Waals surface area (Å²) in [7, 11) is 1.67. The van der Waals surface area contributed by atoms with Crippen molar-refractivity contribution in [1.82, 2.24) is 5.01 Å². The highest BCUT2D eigenvalue weighted by molar-refractivity contribution is 6.30. The third-order valence-corrected chi connectivity index (χ3v) is 6.84. The van der Waals surface area contributed by atoms with Crippen molar-refractivity contribution in [3.63, 3.8) is 0 Å². The van der Waals surface area contributed by atoms with Crippen molar-refractivity contribution in [2.75, 3.05) is 7.11 Å². The van der Waals surface area contributed by atoms with Gasteiger partial charge in [-0.15, -0.1) is 0 Å². The first-order chi connectivity index (χ1) is 17.7. The van der Waals surface area contributed by atoms with E-state index in [-0.39, 0.29) is 6.04 Å². The maximum Gasteiger partial charge on any atom is 0.214 e. The summed E-state index contributed by atoms with van der Waals surface area (Å²) in [5.74, 6) is 2.29. The van der Waals surface area contributed by atoms with Crippen LogP contribution in [0.4, 0.5) is 0 Å².